The van der Waals surface area contributed by atoms with E-state index in [0.29, 0.717) is 12.5 Å². The van der Waals surface area contributed by atoms with E-state index in [4.69, 9.17) is 5.73 Å². The molecule has 0 aliphatic carbocycles. The van der Waals surface area contributed by atoms with Crippen LogP contribution in [0.4, 0.5) is 0 Å². The SMILES string of the molecule is CCC(O)(CC)CN1C[C@@H](N)[C@H](c2cnn(C)c2)C1. The topological polar surface area (TPSA) is 67.3 Å². The third-order valence-corrected chi connectivity index (χ3v) is 4.43. The summed E-state index contributed by atoms with van der Waals surface area (Å²) in [5, 5.41) is 14.7. The Morgan fingerprint density at radius 3 is 2.63 bits per heavy atom. The van der Waals surface area contributed by atoms with Crippen molar-refractivity contribution in [2.24, 2.45) is 12.8 Å². The van der Waals surface area contributed by atoms with Crippen LogP contribution in [0, 0.1) is 0 Å². The quantitative estimate of drug-likeness (QED) is 0.823. The summed E-state index contributed by atoms with van der Waals surface area (Å²) in [4.78, 5) is 2.29. The number of aromatic nitrogens is 2. The van der Waals surface area contributed by atoms with Gasteiger partial charge in [-0.05, 0) is 18.4 Å². The molecular formula is C14H26N4O. The zero-order valence-electron chi connectivity index (χ0n) is 12.2. The Hall–Kier alpha value is -0.910. The van der Waals surface area contributed by atoms with Gasteiger partial charge in [-0.1, -0.05) is 13.8 Å². The molecule has 1 saturated heterocycles. The molecule has 0 unspecified atom stereocenters. The predicted octanol–water partition coefficient (Wildman–Crippen LogP) is 0.698. The molecule has 1 aliphatic heterocycles. The van der Waals surface area contributed by atoms with Gasteiger partial charge in [0.25, 0.3) is 0 Å². The van der Waals surface area contributed by atoms with Gasteiger partial charge in [0.1, 0.15) is 0 Å². The minimum atomic E-state index is -0.580. The van der Waals surface area contributed by atoms with Gasteiger partial charge in [-0.15, -0.1) is 0 Å². The third-order valence-electron chi connectivity index (χ3n) is 4.43. The number of nitrogens with zero attached hydrogens (tertiary/aromatic N) is 3. The standard InChI is InChI=1S/C14H26N4O/c1-4-14(19,5-2)10-18-8-12(13(15)9-18)11-6-16-17(3)7-11/h6-7,12-13,19H,4-5,8-10,15H2,1-3H3/t12-,13+/m0/s1. The summed E-state index contributed by atoms with van der Waals surface area (Å²) in [5.41, 5.74) is 6.88. The fraction of sp³-hybridized carbons (Fsp3) is 0.786. The van der Waals surface area contributed by atoms with Crippen molar-refractivity contribution in [1.82, 2.24) is 14.7 Å². The number of nitrogens with two attached hydrogens (primary N) is 1. The Morgan fingerprint density at radius 1 is 1.42 bits per heavy atom. The molecule has 2 rings (SSSR count). The molecule has 1 aromatic rings. The lowest BCUT2D eigenvalue weighted by Crippen LogP contribution is -2.42. The fourth-order valence-electron chi connectivity index (χ4n) is 2.92. The molecular weight excluding hydrogens is 240 g/mol. The van der Waals surface area contributed by atoms with Crippen LogP contribution in [0.1, 0.15) is 38.2 Å². The second kappa shape index (κ2) is 5.61. The van der Waals surface area contributed by atoms with Gasteiger partial charge in [-0.3, -0.25) is 9.58 Å². The van der Waals surface area contributed by atoms with Gasteiger partial charge in [-0.25, -0.2) is 0 Å². The fourth-order valence-corrected chi connectivity index (χ4v) is 2.92. The molecule has 19 heavy (non-hydrogen) atoms. The Morgan fingerprint density at radius 2 is 2.11 bits per heavy atom. The van der Waals surface area contributed by atoms with Gasteiger partial charge in [0.2, 0.25) is 0 Å². The lowest BCUT2D eigenvalue weighted by Gasteiger charge is -2.30. The molecule has 3 N–H and O–H groups in total. The van der Waals surface area contributed by atoms with Crippen molar-refractivity contribution in [3.63, 3.8) is 0 Å². The van der Waals surface area contributed by atoms with Crippen LogP contribution in [0.2, 0.25) is 0 Å². The van der Waals surface area contributed by atoms with Crippen LogP contribution in [-0.4, -0.2) is 51.1 Å². The highest BCUT2D eigenvalue weighted by molar-refractivity contribution is 5.17. The second-order valence-electron chi connectivity index (χ2n) is 5.84. The normalized spacial score (nSPS) is 25.1. The summed E-state index contributed by atoms with van der Waals surface area (Å²) in [5.74, 6) is 0.326. The van der Waals surface area contributed by atoms with Crippen LogP contribution in [0.25, 0.3) is 0 Å². The summed E-state index contributed by atoms with van der Waals surface area (Å²) < 4.78 is 1.82. The van der Waals surface area contributed by atoms with Gasteiger partial charge in [-0.2, -0.15) is 5.10 Å². The maximum atomic E-state index is 10.4. The molecule has 2 atom stereocenters. The predicted molar refractivity (Wildman–Crippen MR) is 75.9 cm³/mol. The molecule has 0 amide bonds. The first-order valence-corrected chi connectivity index (χ1v) is 7.16. The van der Waals surface area contributed by atoms with Gasteiger partial charge >= 0.3 is 0 Å². The van der Waals surface area contributed by atoms with Crippen LogP contribution in [0.5, 0.6) is 0 Å². The number of likely N-dealkylation sites (tertiary alicyclic amines) is 1. The maximum absolute atomic E-state index is 10.4. The summed E-state index contributed by atoms with van der Waals surface area (Å²) in [6, 6.07) is 0.127. The first kappa shape index (κ1) is 14.5. The van der Waals surface area contributed by atoms with Crippen molar-refractivity contribution in [3.05, 3.63) is 18.0 Å². The van der Waals surface area contributed by atoms with E-state index in [-0.39, 0.29) is 6.04 Å². The third kappa shape index (κ3) is 3.16. The van der Waals surface area contributed by atoms with Crippen LogP contribution in [0.15, 0.2) is 12.4 Å². The van der Waals surface area contributed by atoms with Crippen molar-refractivity contribution in [3.8, 4) is 0 Å². The molecule has 1 fully saturated rings. The largest absolute Gasteiger partial charge is 0.389 e. The highest BCUT2D eigenvalue weighted by Gasteiger charge is 2.35. The lowest BCUT2D eigenvalue weighted by molar-refractivity contribution is 0.00196. The monoisotopic (exact) mass is 266 g/mol. The van der Waals surface area contributed by atoms with E-state index in [1.54, 1.807) is 0 Å². The summed E-state index contributed by atoms with van der Waals surface area (Å²) in [7, 11) is 1.93. The zero-order valence-corrected chi connectivity index (χ0v) is 12.2. The van der Waals surface area contributed by atoms with Gasteiger partial charge in [0.15, 0.2) is 0 Å². The zero-order chi connectivity index (χ0) is 14.0. The first-order chi connectivity index (χ1) is 8.97. The Balaban J connectivity index is 2.01. The molecule has 5 heteroatoms. The minimum absolute atomic E-state index is 0.127. The lowest BCUT2D eigenvalue weighted by atomic mass is 9.96. The second-order valence-corrected chi connectivity index (χ2v) is 5.84. The number of β-amino-alcohol motifs (C(OH)–C–C–N with tert-alkyl or cyclic N) is 1. The Labute approximate surface area is 115 Å². The van der Waals surface area contributed by atoms with Crippen LogP contribution in [0.3, 0.4) is 0 Å². The van der Waals surface area contributed by atoms with Crippen molar-refractivity contribution in [2.45, 2.75) is 44.2 Å². The molecule has 0 bridgehead atoms. The summed E-state index contributed by atoms with van der Waals surface area (Å²) >= 11 is 0. The molecule has 1 aromatic heterocycles. The first-order valence-electron chi connectivity index (χ1n) is 7.16. The molecule has 0 aromatic carbocycles. The molecule has 5 nitrogen and oxygen atoms in total. The molecule has 1 aliphatic rings. The number of aliphatic hydroxyl groups is 1. The van der Waals surface area contributed by atoms with Gasteiger partial charge in [0, 0.05) is 44.8 Å². The van der Waals surface area contributed by atoms with Crippen molar-refractivity contribution >= 4 is 0 Å². The van der Waals surface area contributed by atoms with E-state index < -0.39 is 5.60 Å². The average molecular weight is 266 g/mol. The van der Waals surface area contributed by atoms with E-state index in [1.807, 2.05) is 38.0 Å². The number of aryl methyl sites for hydroxylation is 1. The number of hydrogen-bond donors (Lipinski definition) is 2. The van der Waals surface area contributed by atoms with Gasteiger partial charge in [0.05, 0.1) is 11.8 Å². The van der Waals surface area contributed by atoms with Crippen LogP contribution < -0.4 is 5.73 Å². The van der Waals surface area contributed by atoms with Crippen molar-refractivity contribution in [2.75, 3.05) is 19.6 Å². The van der Waals surface area contributed by atoms with E-state index in [0.717, 1.165) is 25.9 Å². The maximum Gasteiger partial charge on any atom is 0.0768 e. The highest BCUT2D eigenvalue weighted by atomic mass is 16.3. The van der Waals surface area contributed by atoms with Gasteiger partial charge < -0.3 is 10.8 Å². The molecule has 108 valence electrons. The Bertz CT molecular complexity index is 413. The van der Waals surface area contributed by atoms with Crippen molar-refractivity contribution < 1.29 is 5.11 Å². The average Bonchev–Trinajstić information content (AvgIpc) is 2.95. The minimum Gasteiger partial charge on any atom is -0.389 e. The summed E-state index contributed by atoms with van der Waals surface area (Å²) in [6.07, 6.45) is 5.51. The molecule has 0 saturated carbocycles. The number of rotatable bonds is 5. The van der Waals surface area contributed by atoms with Crippen LogP contribution in [-0.2, 0) is 7.05 Å². The highest BCUT2D eigenvalue weighted by Crippen LogP contribution is 2.28. The van der Waals surface area contributed by atoms with Crippen molar-refractivity contribution in [1.29, 1.82) is 0 Å². The van der Waals surface area contributed by atoms with E-state index >= 15 is 0 Å². The van der Waals surface area contributed by atoms with Crippen LogP contribution >= 0.6 is 0 Å². The molecule has 0 radical (unpaired) electrons. The molecule has 0 spiro atoms. The van der Waals surface area contributed by atoms with E-state index in [9.17, 15) is 5.11 Å². The van der Waals surface area contributed by atoms with E-state index in [2.05, 4.69) is 10.00 Å². The summed E-state index contributed by atoms with van der Waals surface area (Å²) in [6.45, 7) is 6.55. The molecule has 2 heterocycles. The van der Waals surface area contributed by atoms with E-state index in [1.165, 1.54) is 5.56 Å². The Kier molecular flexibility index (Phi) is 4.28. The smallest absolute Gasteiger partial charge is 0.0768 e. The number of hydrogen-bond acceptors (Lipinski definition) is 4.